The number of hydrogen-bond acceptors (Lipinski definition) is 5. The molecule has 3 rings (SSSR count). The number of halogens is 1. The Bertz CT molecular complexity index is 996. The molecule has 0 aliphatic carbocycles. The molecule has 2 N–H and O–H groups in total. The summed E-state index contributed by atoms with van der Waals surface area (Å²) in [7, 11) is 0. The van der Waals surface area contributed by atoms with Gasteiger partial charge in [0.1, 0.15) is 6.04 Å². The monoisotopic (exact) mass is 575 g/mol. The Hall–Kier alpha value is -2.55. The number of fused-ring (bicyclic) bond motifs is 1. The molecule has 0 bridgehead atoms. The second-order valence-corrected chi connectivity index (χ2v) is 10.7. The fourth-order valence-electron chi connectivity index (χ4n) is 4.98. The molecule has 8 nitrogen and oxygen atoms in total. The smallest absolute Gasteiger partial charge is 0.264 e. The first-order valence-corrected chi connectivity index (χ1v) is 14.8. The molecule has 2 heterocycles. The van der Waals surface area contributed by atoms with E-state index in [9.17, 15) is 24.0 Å². The van der Waals surface area contributed by atoms with E-state index in [0.29, 0.717) is 6.42 Å². The van der Waals surface area contributed by atoms with E-state index >= 15 is 0 Å². The van der Waals surface area contributed by atoms with Crippen LogP contribution in [0.5, 0.6) is 0 Å². The van der Waals surface area contributed by atoms with Gasteiger partial charge in [0, 0.05) is 18.2 Å². The highest BCUT2D eigenvalue weighted by molar-refractivity contribution is 9.09. The Morgan fingerprint density at radius 1 is 0.865 bits per heavy atom. The van der Waals surface area contributed by atoms with Gasteiger partial charge in [-0.3, -0.25) is 34.2 Å². The summed E-state index contributed by atoms with van der Waals surface area (Å²) in [5, 5.41) is 6.07. The number of imide groups is 2. The van der Waals surface area contributed by atoms with E-state index in [2.05, 4.69) is 26.6 Å². The lowest BCUT2D eigenvalue weighted by atomic mass is 10.0. The van der Waals surface area contributed by atoms with Crippen LogP contribution in [0.2, 0.25) is 0 Å². The molecule has 1 fully saturated rings. The number of carbonyl (C=O) groups excluding carboxylic acids is 5. The molecular weight excluding hydrogens is 538 g/mol. The average molecular weight is 577 g/mol. The highest BCUT2D eigenvalue weighted by Crippen LogP contribution is 2.32. The molecule has 2 aliphatic heterocycles. The van der Waals surface area contributed by atoms with E-state index in [1.165, 1.54) is 63.9 Å². The maximum absolute atomic E-state index is 13.1. The van der Waals surface area contributed by atoms with Crippen LogP contribution < -0.4 is 10.6 Å². The average Bonchev–Trinajstić information content (AvgIpc) is 3.12. The second kappa shape index (κ2) is 15.0. The number of rotatable bonds is 16. The van der Waals surface area contributed by atoms with Gasteiger partial charge in [0.2, 0.25) is 17.7 Å². The SMILES string of the molecule is O=C1CCC(N2C(=O)c3cccc(NC(=O)CCCCCCCCCCCCCCBr)c3C2=O)C(=O)N1. The minimum Gasteiger partial charge on any atom is -0.325 e. The Balaban J connectivity index is 1.37. The van der Waals surface area contributed by atoms with Crippen molar-refractivity contribution in [3.05, 3.63) is 29.3 Å². The van der Waals surface area contributed by atoms with Crippen molar-refractivity contribution in [1.82, 2.24) is 10.2 Å². The molecule has 1 unspecified atom stereocenters. The third-order valence-corrected chi connectivity index (χ3v) is 7.59. The largest absolute Gasteiger partial charge is 0.325 e. The zero-order chi connectivity index (χ0) is 26.6. The van der Waals surface area contributed by atoms with Crippen LogP contribution in [0.15, 0.2) is 18.2 Å². The van der Waals surface area contributed by atoms with Crippen LogP contribution in [0.4, 0.5) is 5.69 Å². The van der Waals surface area contributed by atoms with Gasteiger partial charge in [0.15, 0.2) is 0 Å². The van der Waals surface area contributed by atoms with Crippen LogP contribution in [-0.2, 0) is 14.4 Å². The Kier molecular flexibility index (Phi) is 11.8. The summed E-state index contributed by atoms with van der Waals surface area (Å²) in [6.07, 6.45) is 14.9. The standard InChI is InChI=1S/C28H38BrN3O5/c29-19-12-10-8-6-4-2-1-3-5-7-9-11-16-23(33)30-21-15-13-14-20-25(21)28(37)32(27(20)36)22-17-18-24(34)31-26(22)35/h13-15,22H,1-12,16-19H2,(H,30,33)(H,31,34,35). The molecule has 1 atom stereocenters. The number of unbranched alkanes of at least 4 members (excludes halogenated alkanes) is 11. The number of hydrogen-bond donors (Lipinski definition) is 2. The Morgan fingerprint density at radius 2 is 1.46 bits per heavy atom. The summed E-state index contributed by atoms with van der Waals surface area (Å²) >= 11 is 3.47. The minimum absolute atomic E-state index is 0.0607. The second-order valence-electron chi connectivity index (χ2n) is 9.91. The number of anilines is 1. The first kappa shape index (κ1) is 29.0. The number of nitrogens with one attached hydrogen (secondary N) is 2. The van der Waals surface area contributed by atoms with E-state index in [-0.39, 0.29) is 35.6 Å². The van der Waals surface area contributed by atoms with Gasteiger partial charge in [-0.25, -0.2) is 0 Å². The van der Waals surface area contributed by atoms with Gasteiger partial charge in [-0.15, -0.1) is 0 Å². The summed E-state index contributed by atoms with van der Waals surface area (Å²) in [4.78, 5) is 63.2. The number of benzene rings is 1. The van der Waals surface area contributed by atoms with Gasteiger partial charge in [-0.05, 0) is 31.4 Å². The summed E-state index contributed by atoms with van der Waals surface area (Å²) < 4.78 is 0. The van der Waals surface area contributed by atoms with Crippen molar-refractivity contribution < 1.29 is 24.0 Å². The lowest BCUT2D eigenvalue weighted by Gasteiger charge is -2.27. The predicted octanol–water partition coefficient (Wildman–Crippen LogP) is 5.49. The molecule has 0 saturated carbocycles. The number of piperidine rings is 1. The van der Waals surface area contributed by atoms with E-state index in [1.54, 1.807) is 12.1 Å². The summed E-state index contributed by atoms with van der Waals surface area (Å²) in [6.45, 7) is 0. The van der Waals surface area contributed by atoms with Crippen molar-refractivity contribution in [3.8, 4) is 0 Å². The molecule has 1 aromatic carbocycles. The van der Waals surface area contributed by atoms with Crippen molar-refractivity contribution in [2.75, 3.05) is 10.6 Å². The Morgan fingerprint density at radius 3 is 2.05 bits per heavy atom. The quantitative estimate of drug-likeness (QED) is 0.154. The number of amides is 5. The lowest BCUT2D eigenvalue weighted by Crippen LogP contribution is -2.54. The number of alkyl halides is 1. The van der Waals surface area contributed by atoms with Crippen molar-refractivity contribution in [3.63, 3.8) is 0 Å². The topological polar surface area (TPSA) is 113 Å². The normalized spacial score (nSPS) is 17.2. The van der Waals surface area contributed by atoms with Crippen molar-refractivity contribution in [2.24, 2.45) is 0 Å². The third-order valence-electron chi connectivity index (χ3n) is 7.03. The minimum atomic E-state index is -1.03. The van der Waals surface area contributed by atoms with Crippen LogP contribution in [0.25, 0.3) is 0 Å². The molecule has 202 valence electrons. The highest BCUT2D eigenvalue weighted by Gasteiger charge is 2.45. The molecule has 0 spiro atoms. The van der Waals surface area contributed by atoms with E-state index < -0.39 is 29.7 Å². The van der Waals surface area contributed by atoms with Crippen LogP contribution >= 0.6 is 15.9 Å². The summed E-state index contributed by atoms with van der Waals surface area (Å²) in [6, 6.07) is 3.69. The first-order valence-electron chi connectivity index (χ1n) is 13.6. The van der Waals surface area contributed by atoms with Crippen LogP contribution in [0.3, 0.4) is 0 Å². The van der Waals surface area contributed by atoms with Gasteiger partial charge in [0.25, 0.3) is 11.8 Å². The van der Waals surface area contributed by atoms with E-state index in [0.717, 1.165) is 29.5 Å². The summed E-state index contributed by atoms with van der Waals surface area (Å²) in [5.74, 6) is -2.48. The zero-order valence-electron chi connectivity index (χ0n) is 21.5. The van der Waals surface area contributed by atoms with Crippen LogP contribution in [-0.4, -0.2) is 45.8 Å². The Labute approximate surface area is 227 Å². The molecule has 37 heavy (non-hydrogen) atoms. The van der Waals surface area contributed by atoms with Crippen molar-refractivity contribution >= 4 is 51.2 Å². The van der Waals surface area contributed by atoms with Gasteiger partial charge < -0.3 is 5.32 Å². The predicted molar refractivity (Wildman–Crippen MR) is 146 cm³/mol. The van der Waals surface area contributed by atoms with Crippen molar-refractivity contribution in [2.45, 2.75) is 102 Å². The molecule has 2 aliphatic rings. The summed E-state index contributed by atoms with van der Waals surface area (Å²) in [5.41, 5.74) is 0.544. The maximum atomic E-state index is 13.1. The third kappa shape index (κ3) is 8.22. The van der Waals surface area contributed by atoms with E-state index in [1.807, 2.05) is 0 Å². The molecule has 0 aromatic heterocycles. The zero-order valence-corrected chi connectivity index (χ0v) is 23.1. The maximum Gasteiger partial charge on any atom is 0.264 e. The molecule has 5 amide bonds. The number of nitrogens with zero attached hydrogens (tertiary/aromatic N) is 1. The van der Waals surface area contributed by atoms with E-state index in [4.69, 9.17) is 0 Å². The molecular formula is C28H38BrN3O5. The molecule has 9 heteroatoms. The van der Waals surface area contributed by atoms with Gasteiger partial charge in [-0.1, -0.05) is 86.2 Å². The first-order chi connectivity index (χ1) is 17.9. The lowest BCUT2D eigenvalue weighted by molar-refractivity contribution is -0.136. The van der Waals surface area contributed by atoms with Gasteiger partial charge >= 0.3 is 0 Å². The number of carbonyl (C=O) groups is 5. The highest BCUT2D eigenvalue weighted by atomic mass is 79.9. The molecule has 1 saturated heterocycles. The fourth-order valence-corrected chi connectivity index (χ4v) is 5.38. The van der Waals surface area contributed by atoms with Crippen molar-refractivity contribution in [1.29, 1.82) is 0 Å². The van der Waals surface area contributed by atoms with Crippen LogP contribution in [0.1, 0.15) is 117 Å². The van der Waals surface area contributed by atoms with Gasteiger partial charge in [0.05, 0.1) is 16.8 Å². The van der Waals surface area contributed by atoms with Gasteiger partial charge in [-0.2, -0.15) is 0 Å². The molecule has 1 aromatic rings. The fraction of sp³-hybridized carbons (Fsp3) is 0.607. The molecule has 0 radical (unpaired) electrons. The van der Waals surface area contributed by atoms with Crippen LogP contribution in [0, 0.1) is 0 Å².